The maximum absolute atomic E-state index is 13.6. The van der Waals surface area contributed by atoms with Gasteiger partial charge in [0.15, 0.2) is 5.65 Å². The van der Waals surface area contributed by atoms with Crippen molar-refractivity contribution in [2.75, 3.05) is 19.7 Å². The van der Waals surface area contributed by atoms with Crippen LogP contribution in [0, 0.1) is 17.2 Å². The number of likely N-dealkylation sites (tertiary alicyclic amines) is 1. The van der Waals surface area contributed by atoms with Crippen LogP contribution < -0.4 is 5.56 Å². The Kier molecular flexibility index (Phi) is 6.44. The van der Waals surface area contributed by atoms with Crippen molar-refractivity contribution in [1.82, 2.24) is 19.5 Å². The van der Waals surface area contributed by atoms with Crippen molar-refractivity contribution in [3.8, 4) is 17.3 Å². The topological polar surface area (TPSA) is 114 Å². The van der Waals surface area contributed by atoms with Crippen LogP contribution in [0.4, 0.5) is 0 Å². The molecule has 0 bridgehead atoms. The molecule has 182 valence electrons. The molecule has 8 heteroatoms. The Morgan fingerprint density at radius 1 is 1.23 bits per heavy atom. The van der Waals surface area contributed by atoms with Crippen molar-refractivity contribution in [3.05, 3.63) is 57.5 Å². The minimum absolute atomic E-state index is 0.197. The van der Waals surface area contributed by atoms with Crippen LogP contribution >= 0.6 is 0 Å². The number of rotatable bonds is 5. The molecule has 3 heterocycles. The molecule has 35 heavy (non-hydrogen) atoms. The molecule has 2 aromatic heterocycles. The van der Waals surface area contributed by atoms with Gasteiger partial charge in [-0.05, 0) is 36.3 Å². The molecule has 2 atom stereocenters. The van der Waals surface area contributed by atoms with Gasteiger partial charge in [0.1, 0.15) is 5.56 Å². The van der Waals surface area contributed by atoms with E-state index in [4.69, 9.17) is 0 Å². The molecule has 2 fully saturated rings. The highest BCUT2D eigenvalue weighted by Gasteiger charge is 2.33. The van der Waals surface area contributed by atoms with Crippen molar-refractivity contribution in [2.24, 2.45) is 5.92 Å². The molecule has 8 nitrogen and oxygen atoms in total. The number of aliphatic hydroxyl groups excluding tert-OH is 1. The van der Waals surface area contributed by atoms with Gasteiger partial charge in [-0.1, -0.05) is 50.5 Å². The monoisotopic (exact) mass is 473 g/mol. The average Bonchev–Trinajstić information content (AvgIpc) is 3.54. The third kappa shape index (κ3) is 4.37. The largest absolute Gasteiger partial charge is 0.396 e. The van der Waals surface area contributed by atoms with E-state index in [0.29, 0.717) is 48.0 Å². The lowest BCUT2D eigenvalue weighted by atomic mass is 9.84. The normalized spacial score (nSPS) is 19.7. The SMILES string of the molecule is C[C@@H](CO)c1nn2c(=O)cc(-c3ccc(C4CCCCC4)cc3)[nH]c2c1C(=O)N1CC[C@@H](C#N)C1. The Hall–Kier alpha value is -3.44. The predicted molar refractivity (Wildman–Crippen MR) is 132 cm³/mol. The minimum Gasteiger partial charge on any atom is -0.396 e. The number of nitriles is 1. The number of H-pyrrole nitrogens is 1. The van der Waals surface area contributed by atoms with E-state index in [-0.39, 0.29) is 24.0 Å². The molecule has 0 spiro atoms. The Morgan fingerprint density at radius 3 is 2.63 bits per heavy atom. The molecule has 1 aromatic carbocycles. The first kappa shape index (κ1) is 23.3. The third-order valence-corrected chi connectivity index (χ3v) is 7.55. The smallest absolute Gasteiger partial charge is 0.274 e. The number of fused-ring (bicyclic) bond motifs is 1. The number of nitrogens with one attached hydrogen (secondary N) is 1. The van der Waals surface area contributed by atoms with Gasteiger partial charge in [-0.2, -0.15) is 14.9 Å². The first-order valence-electron chi connectivity index (χ1n) is 12.6. The Bertz CT molecular complexity index is 1330. The average molecular weight is 474 g/mol. The maximum Gasteiger partial charge on any atom is 0.274 e. The zero-order valence-electron chi connectivity index (χ0n) is 20.0. The number of aromatic nitrogens is 3. The van der Waals surface area contributed by atoms with Crippen LogP contribution in [0.5, 0.6) is 0 Å². The maximum atomic E-state index is 13.6. The van der Waals surface area contributed by atoms with Gasteiger partial charge < -0.3 is 15.0 Å². The van der Waals surface area contributed by atoms with Crippen molar-refractivity contribution >= 4 is 11.6 Å². The van der Waals surface area contributed by atoms with E-state index >= 15 is 0 Å². The van der Waals surface area contributed by atoms with Gasteiger partial charge in [-0.25, -0.2) is 0 Å². The summed E-state index contributed by atoms with van der Waals surface area (Å²) in [5.74, 6) is -0.293. The number of amides is 1. The second-order valence-electron chi connectivity index (χ2n) is 9.95. The first-order chi connectivity index (χ1) is 17.0. The fourth-order valence-corrected chi connectivity index (χ4v) is 5.43. The second-order valence-corrected chi connectivity index (χ2v) is 9.95. The summed E-state index contributed by atoms with van der Waals surface area (Å²) in [6.45, 7) is 2.41. The zero-order chi connectivity index (χ0) is 24.5. The molecule has 1 amide bonds. The quantitative estimate of drug-likeness (QED) is 0.585. The zero-order valence-corrected chi connectivity index (χ0v) is 20.0. The van der Waals surface area contributed by atoms with Crippen molar-refractivity contribution in [3.63, 3.8) is 0 Å². The summed E-state index contributed by atoms with van der Waals surface area (Å²) in [4.78, 5) is 31.5. The molecule has 1 saturated carbocycles. The lowest BCUT2D eigenvalue weighted by Gasteiger charge is -2.22. The predicted octanol–water partition coefficient (Wildman–Crippen LogP) is 3.82. The lowest BCUT2D eigenvalue weighted by Crippen LogP contribution is -2.30. The highest BCUT2D eigenvalue weighted by Crippen LogP contribution is 2.33. The van der Waals surface area contributed by atoms with Gasteiger partial charge in [0, 0.05) is 25.1 Å². The molecule has 2 aliphatic rings. The fraction of sp³-hybridized carbons (Fsp3) is 0.481. The van der Waals surface area contributed by atoms with Gasteiger partial charge in [0.25, 0.3) is 11.5 Å². The number of hydrogen-bond donors (Lipinski definition) is 2. The number of carbonyl (C=O) groups excluding carboxylic acids is 1. The Balaban J connectivity index is 1.56. The number of carbonyl (C=O) groups is 1. The molecule has 1 saturated heterocycles. The van der Waals surface area contributed by atoms with Crippen LogP contribution in [-0.2, 0) is 0 Å². The van der Waals surface area contributed by atoms with E-state index in [1.54, 1.807) is 11.8 Å². The van der Waals surface area contributed by atoms with Crippen LogP contribution in [0.25, 0.3) is 16.9 Å². The summed E-state index contributed by atoms with van der Waals surface area (Å²) < 4.78 is 1.21. The van der Waals surface area contributed by atoms with E-state index < -0.39 is 5.92 Å². The minimum atomic E-state index is -0.422. The van der Waals surface area contributed by atoms with Crippen molar-refractivity contribution < 1.29 is 9.90 Å². The molecular formula is C27H31N5O3. The first-order valence-corrected chi connectivity index (χ1v) is 12.6. The number of benzene rings is 1. The van der Waals surface area contributed by atoms with Gasteiger partial charge in [-0.15, -0.1) is 0 Å². The Morgan fingerprint density at radius 2 is 1.97 bits per heavy atom. The summed E-state index contributed by atoms with van der Waals surface area (Å²) >= 11 is 0. The van der Waals surface area contributed by atoms with Gasteiger partial charge in [0.2, 0.25) is 0 Å². The molecule has 0 radical (unpaired) electrons. The number of nitrogens with zero attached hydrogens (tertiary/aromatic N) is 4. The standard InChI is InChI=1S/C27H31N5O3/c1-17(16-33)25-24(27(35)31-12-11-18(14-28)15-31)26-29-22(13-23(34)32(26)30-25)21-9-7-20(8-10-21)19-5-3-2-4-6-19/h7-10,13,17-19,29,33H,2-6,11-12,15-16H2,1H3/t17-,18-/m0/s1. The summed E-state index contributed by atoms with van der Waals surface area (Å²) in [7, 11) is 0. The fourth-order valence-electron chi connectivity index (χ4n) is 5.43. The van der Waals surface area contributed by atoms with Crippen molar-refractivity contribution in [2.45, 2.75) is 57.3 Å². The molecular weight excluding hydrogens is 442 g/mol. The molecule has 1 aliphatic carbocycles. The van der Waals surface area contributed by atoms with E-state index in [0.717, 1.165) is 5.56 Å². The number of aromatic amines is 1. The van der Waals surface area contributed by atoms with E-state index in [2.05, 4.69) is 28.3 Å². The van der Waals surface area contributed by atoms with Gasteiger partial charge in [0.05, 0.1) is 30.0 Å². The highest BCUT2D eigenvalue weighted by molar-refractivity contribution is 6.01. The van der Waals surface area contributed by atoms with E-state index in [9.17, 15) is 20.0 Å². The van der Waals surface area contributed by atoms with Crippen LogP contribution in [0.2, 0.25) is 0 Å². The van der Waals surface area contributed by atoms with Crippen molar-refractivity contribution in [1.29, 1.82) is 5.26 Å². The second kappa shape index (κ2) is 9.67. The van der Waals surface area contributed by atoms with E-state index in [1.165, 1.54) is 48.2 Å². The summed E-state index contributed by atoms with van der Waals surface area (Å²) in [6, 6.07) is 12.1. The van der Waals surface area contributed by atoms with E-state index in [1.807, 2.05) is 12.1 Å². The van der Waals surface area contributed by atoms with Crippen LogP contribution in [0.15, 0.2) is 35.1 Å². The molecule has 3 aromatic rings. The molecule has 2 N–H and O–H groups in total. The summed E-state index contributed by atoms with van der Waals surface area (Å²) in [6.07, 6.45) is 6.93. The van der Waals surface area contributed by atoms with Gasteiger partial charge >= 0.3 is 0 Å². The Labute approximate surface area is 204 Å². The number of aliphatic hydroxyl groups is 1. The number of hydrogen-bond acceptors (Lipinski definition) is 5. The molecule has 0 unspecified atom stereocenters. The van der Waals surface area contributed by atoms with Crippen LogP contribution in [0.3, 0.4) is 0 Å². The molecule has 1 aliphatic heterocycles. The van der Waals surface area contributed by atoms with Crippen LogP contribution in [-0.4, -0.2) is 50.2 Å². The highest BCUT2D eigenvalue weighted by atomic mass is 16.3. The summed E-state index contributed by atoms with van der Waals surface area (Å²) in [5, 5.41) is 23.5. The third-order valence-electron chi connectivity index (χ3n) is 7.55. The van der Waals surface area contributed by atoms with Crippen LogP contribution in [0.1, 0.15) is 78.9 Å². The van der Waals surface area contributed by atoms with Gasteiger partial charge in [-0.3, -0.25) is 9.59 Å². The molecule has 5 rings (SSSR count). The lowest BCUT2D eigenvalue weighted by molar-refractivity contribution is 0.0789. The summed E-state index contributed by atoms with van der Waals surface area (Å²) in [5.41, 5.74) is 3.48.